The van der Waals surface area contributed by atoms with Gasteiger partial charge in [0.25, 0.3) is 0 Å². The van der Waals surface area contributed by atoms with E-state index in [4.69, 9.17) is 5.11 Å². The molecule has 0 unspecified atom stereocenters. The van der Waals surface area contributed by atoms with Gasteiger partial charge >= 0.3 is 0 Å². The highest BCUT2D eigenvalue weighted by molar-refractivity contribution is 4.61. The van der Waals surface area contributed by atoms with Crippen LogP contribution in [0.15, 0.2) is 0 Å². The molecule has 0 amide bonds. The maximum absolute atomic E-state index is 9.35. The summed E-state index contributed by atoms with van der Waals surface area (Å²) in [5.41, 5.74) is 0. The predicted octanol–water partition coefficient (Wildman–Crippen LogP) is 3.26. The predicted molar refractivity (Wildman–Crippen MR) is 64.9 cm³/mol. The molecule has 0 heterocycles. The van der Waals surface area contributed by atoms with E-state index in [0.29, 0.717) is 0 Å². The molecule has 0 aromatic heterocycles. The molecule has 2 atom stereocenters. The van der Waals surface area contributed by atoms with E-state index in [1.807, 2.05) is 0 Å². The average Bonchev–Trinajstić information content (AvgIpc) is 2.21. The van der Waals surface area contributed by atoms with Gasteiger partial charge in [-0.15, -0.1) is 0 Å². The minimum atomic E-state index is -0.574. The Balaban J connectivity index is 3.05. The van der Waals surface area contributed by atoms with E-state index in [0.717, 1.165) is 12.8 Å². The Morgan fingerprint density at radius 2 is 1.27 bits per heavy atom. The van der Waals surface area contributed by atoms with Crippen molar-refractivity contribution in [3.8, 4) is 0 Å². The van der Waals surface area contributed by atoms with Gasteiger partial charge in [0.15, 0.2) is 0 Å². The van der Waals surface area contributed by atoms with Crippen LogP contribution in [0.25, 0.3) is 0 Å². The van der Waals surface area contributed by atoms with Crippen LogP contribution >= 0.6 is 0 Å². The van der Waals surface area contributed by atoms with E-state index in [-0.39, 0.29) is 0 Å². The quantitative estimate of drug-likeness (QED) is 0.550. The summed E-state index contributed by atoms with van der Waals surface area (Å²) in [7, 11) is 0. The van der Waals surface area contributed by atoms with Crippen molar-refractivity contribution in [1.29, 1.82) is 0 Å². The summed E-state index contributed by atoms with van der Waals surface area (Å²) in [6, 6.07) is 0. The number of hydrogen-bond acceptors (Lipinski definition) is 2. The molecule has 0 aromatic carbocycles. The Morgan fingerprint density at radius 1 is 0.800 bits per heavy atom. The smallest absolute Gasteiger partial charge is 0.0796 e. The SMILES string of the molecule is CCCCCCCCCC[C@H](O)[C@H](C)O. The lowest BCUT2D eigenvalue weighted by Crippen LogP contribution is -2.21. The van der Waals surface area contributed by atoms with Crippen LogP contribution in [-0.4, -0.2) is 22.4 Å². The summed E-state index contributed by atoms with van der Waals surface area (Å²) < 4.78 is 0. The van der Waals surface area contributed by atoms with Gasteiger partial charge in [-0.3, -0.25) is 0 Å². The van der Waals surface area contributed by atoms with E-state index < -0.39 is 12.2 Å². The number of rotatable bonds is 10. The molecule has 0 fully saturated rings. The largest absolute Gasteiger partial charge is 0.391 e. The zero-order valence-corrected chi connectivity index (χ0v) is 10.4. The highest BCUT2D eigenvalue weighted by atomic mass is 16.3. The van der Waals surface area contributed by atoms with Crippen molar-refractivity contribution in [2.45, 2.75) is 83.8 Å². The van der Waals surface area contributed by atoms with E-state index in [2.05, 4.69) is 6.92 Å². The van der Waals surface area contributed by atoms with Gasteiger partial charge in [-0.25, -0.2) is 0 Å². The molecule has 0 spiro atoms. The first-order valence-electron chi connectivity index (χ1n) is 6.54. The van der Waals surface area contributed by atoms with Crippen molar-refractivity contribution in [3.63, 3.8) is 0 Å². The zero-order chi connectivity index (χ0) is 11.5. The van der Waals surface area contributed by atoms with E-state index in [1.54, 1.807) is 6.92 Å². The summed E-state index contributed by atoms with van der Waals surface area (Å²) in [5, 5.41) is 18.4. The van der Waals surface area contributed by atoms with Crippen molar-refractivity contribution in [1.82, 2.24) is 0 Å². The molecule has 2 nitrogen and oxygen atoms in total. The summed E-state index contributed by atoms with van der Waals surface area (Å²) in [6.07, 6.45) is 9.87. The van der Waals surface area contributed by atoms with Crippen LogP contribution in [0.4, 0.5) is 0 Å². The Hall–Kier alpha value is -0.0800. The van der Waals surface area contributed by atoms with Gasteiger partial charge in [0.2, 0.25) is 0 Å². The van der Waals surface area contributed by atoms with Gasteiger partial charge in [0, 0.05) is 0 Å². The molecule has 0 radical (unpaired) electrons. The second kappa shape index (κ2) is 10.4. The minimum absolute atomic E-state index is 0.523. The molecule has 0 aliphatic rings. The van der Waals surface area contributed by atoms with Crippen molar-refractivity contribution < 1.29 is 10.2 Å². The van der Waals surface area contributed by atoms with E-state index in [9.17, 15) is 5.11 Å². The Kier molecular flexibility index (Phi) is 10.4. The van der Waals surface area contributed by atoms with Gasteiger partial charge in [0.05, 0.1) is 12.2 Å². The first kappa shape index (κ1) is 14.9. The molecule has 2 heteroatoms. The molecular weight excluding hydrogens is 188 g/mol. The number of hydrogen-bond donors (Lipinski definition) is 2. The summed E-state index contributed by atoms with van der Waals surface area (Å²) in [5.74, 6) is 0. The van der Waals surface area contributed by atoms with Gasteiger partial charge in [0.1, 0.15) is 0 Å². The molecule has 0 saturated carbocycles. The average molecular weight is 216 g/mol. The van der Waals surface area contributed by atoms with E-state index >= 15 is 0 Å². The van der Waals surface area contributed by atoms with Crippen LogP contribution in [0.3, 0.4) is 0 Å². The normalized spacial score (nSPS) is 15.2. The van der Waals surface area contributed by atoms with Crippen molar-refractivity contribution in [2.24, 2.45) is 0 Å². The monoisotopic (exact) mass is 216 g/mol. The standard InChI is InChI=1S/C13H28O2/c1-3-4-5-6-7-8-9-10-11-13(15)12(2)14/h12-15H,3-11H2,1-2H3/t12-,13-/m0/s1. The molecule has 0 saturated heterocycles. The van der Waals surface area contributed by atoms with Crippen LogP contribution in [0.5, 0.6) is 0 Å². The third-order valence-corrected chi connectivity index (χ3v) is 2.91. The van der Waals surface area contributed by atoms with Gasteiger partial charge < -0.3 is 10.2 Å². The van der Waals surface area contributed by atoms with Crippen molar-refractivity contribution in [3.05, 3.63) is 0 Å². The third kappa shape index (κ3) is 10.2. The van der Waals surface area contributed by atoms with Gasteiger partial charge in [-0.2, -0.15) is 0 Å². The minimum Gasteiger partial charge on any atom is -0.391 e. The Bertz CT molecular complexity index is 124. The summed E-state index contributed by atoms with van der Waals surface area (Å²) in [4.78, 5) is 0. The lowest BCUT2D eigenvalue weighted by atomic mass is 10.0. The molecule has 0 bridgehead atoms. The Morgan fingerprint density at radius 3 is 1.73 bits per heavy atom. The maximum Gasteiger partial charge on any atom is 0.0796 e. The molecule has 0 aliphatic carbocycles. The lowest BCUT2D eigenvalue weighted by Gasteiger charge is -2.12. The fourth-order valence-corrected chi connectivity index (χ4v) is 1.73. The molecular formula is C13H28O2. The second-order valence-electron chi connectivity index (χ2n) is 4.57. The fraction of sp³-hybridized carbons (Fsp3) is 1.00. The molecule has 0 aliphatic heterocycles. The third-order valence-electron chi connectivity index (χ3n) is 2.91. The number of aliphatic hydroxyl groups is 2. The van der Waals surface area contributed by atoms with Crippen LogP contribution in [0.2, 0.25) is 0 Å². The summed E-state index contributed by atoms with van der Waals surface area (Å²) in [6.45, 7) is 3.88. The molecule has 2 N–H and O–H groups in total. The molecule has 0 aromatic rings. The topological polar surface area (TPSA) is 40.5 Å². The van der Waals surface area contributed by atoms with Gasteiger partial charge in [-0.05, 0) is 13.3 Å². The first-order valence-corrected chi connectivity index (χ1v) is 6.54. The van der Waals surface area contributed by atoms with Crippen molar-refractivity contribution >= 4 is 0 Å². The molecule has 92 valence electrons. The molecule has 15 heavy (non-hydrogen) atoms. The van der Waals surface area contributed by atoms with Gasteiger partial charge in [-0.1, -0.05) is 58.3 Å². The maximum atomic E-state index is 9.35. The van der Waals surface area contributed by atoms with Crippen molar-refractivity contribution in [2.75, 3.05) is 0 Å². The first-order chi connectivity index (χ1) is 7.18. The van der Waals surface area contributed by atoms with Crippen LogP contribution in [-0.2, 0) is 0 Å². The zero-order valence-electron chi connectivity index (χ0n) is 10.4. The highest BCUT2D eigenvalue weighted by Gasteiger charge is 2.09. The van der Waals surface area contributed by atoms with E-state index in [1.165, 1.54) is 44.9 Å². The number of unbranched alkanes of at least 4 members (excludes halogenated alkanes) is 7. The lowest BCUT2D eigenvalue weighted by molar-refractivity contribution is 0.0247. The van der Waals surface area contributed by atoms with Crippen LogP contribution < -0.4 is 0 Å². The van der Waals surface area contributed by atoms with Crippen LogP contribution in [0.1, 0.15) is 71.6 Å². The summed E-state index contributed by atoms with van der Waals surface area (Å²) >= 11 is 0. The van der Waals surface area contributed by atoms with Crippen LogP contribution in [0, 0.1) is 0 Å². The Labute approximate surface area is 94.7 Å². The molecule has 0 rings (SSSR count). The number of aliphatic hydroxyl groups excluding tert-OH is 2. The highest BCUT2D eigenvalue weighted by Crippen LogP contribution is 2.11. The fourth-order valence-electron chi connectivity index (χ4n) is 1.73. The second-order valence-corrected chi connectivity index (χ2v) is 4.57.